The van der Waals surface area contributed by atoms with E-state index in [-0.39, 0.29) is 18.4 Å². The molecule has 2 aromatic carbocycles. The SMILES string of the molecule is Cc1ccc([C@@H](N)C2CCOCC2)c2ccccc12.Cl. The van der Waals surface area contributed by atoms with Crippen molar-refractivity contribution in [1.82, 2.24) is 0 Å². The summed E-state index contributed by atoms with van der Waals surface area (Å²) in [6.07, 6.45) is 2.15. The maximum absolute atomic E-state index is 6.53. The molecule has 2 nitrogen and oxygen atoms in total. The Morgan fingerprint density at radius 2 is 1.70 bits per heavy atom. The van der Waals surface area contributed by atoms with Gasteiger partial charge in [-0.15, -0.1) is 12.4 Å². The first-order valence-electron chi connectivity index (χ1n) is 7.09. The number of hydrogen-bond acceptors (Lipinski definition) is 2. The molecule has 0 amide bonds. The molecule has 0 aromatic heterocycles. The van der Waals surface area contributed by atoms with Gasteiger partial charge in [0.25, 0.3) is 0 Å². The van der Waals surface area contributed by atoms with Gasteiger partial charge in [0.2, 0.25) is 0 Å². The van der Waals surface area contributed by atoms with Gasteiger partial charge in [0.1, 0.15) is 0 Å². The lowest BCUT2D eigenvalue weighted by molar-refractivity contribution is 0.0585. The summed E-state index contributed by atoms with van der Waals surface area (Å²) in [6, 6.07) is 13.1. The van der Waals surface area contributed by atoms with Crippen LogP contribution >= 0.6 is 12.4 Å². The minimum absolute atomic E-state index is 0. The van der Waals surface area contributed by atoms with Crippen molar-refractivity contribution in [3.63, 3.8) is 0 Å². The van der Waals surface area contributed by atoms with Crippen LogP contribution in [0.4, 0.5) is 0 Å². The molecule has 0 unspecified atom stereocenters. The zero-order chi connectivity index (χ0) is 13.2. The predicted octanol–water partition coefficient (Wildman–Crippen LogP) is 4.00. The van der Waals surface area contributed by atoms with Crippen molar-refractivity contribution in [2.24, 2.45) is 11.7 Å². The maximum atomic E-state index is 6.53. The Balaban J connectivity index is 0.00000147. The number of fused-ring (bicyclic) bond motifs is 1. The molecule has 3 rings (SSSR count). The van der Waals surface area contributed by atoms with Gasteiger partial charge in [-0.1, -0.05) is 36.4 Å². The number of aryl methyl sites for hydroxylation is 1. The van der Waals surface area contributed by atoms with Gasteiger partial charge in [0.15, 0.2) is 0 Å². The van der Waals surface area contributed by atoms with E-state index in [0.29, 0.717) is 5.92 Å². The van der Waals surface area contributed by atoms with Crippen LogP contribution in [0, 0.1) is 12.8 Å². The van der Waals surface area contributed by atoms with Gasteiger partial charge >= 0.3 is 0 Å². The number of hydrogen-bond donors (Lipinski definition) is 1. The van der Waals surface area contributed by atoms with Crippen molar-refractivity contribution in [2.75, 3.05) is 13.2 Å². The largest absolute Gasteiger partial charge is 0.381 e. The number of rotatable bonds is 2. The summed E-state index contributed by atoms with van der Waals surface area (Å²) in [5.74, 6) is 0.542. The molecule has 1 saturated heterocycles. The molecule has 1 fully saturated rings. The average molecular weight is 292 g/mol. The highest BCUT2D eigenvalue weighted by molar-refractivity contribution is 5.88. The Bertz CT molecular complexity index is 578. The lowest BCUT2D eigenvalue weighted by Gasteiger charge is -2.28. The van der Waals surface area contributed by atoms with Crippen molar-refractivity contribution in [3.05, 3.63) is 47.5 Å². The molecule has 1 aliphatic heterocycles. The van der Waals surface area contributed by atoms with Crippen LogP contribution in [0.2, 0.25) is 0 Å². The summed E-state index contributed by atoms with van der Waals surface area (Å²) >= 11 is 0. The molecule has 2 N–H and O–H groups in total. The summed E-state index contributed by atoms with van der Waals surface area (Å²) in [6.45, 7) is 3.86. The first-order valence-corrected chi connectivity index (χ1v) is 7.09. The van der Waals surface area contributed by atoms with Crippen LogP contribution in [0.5, 0.6) is 0 Å². The smallest absolute Gasteiger partial charge is 0.0469 e. The van der Waals surface area contributed by atoms with E-state index in [1.165, 1.54) is 21.9 Å². The summed E-state index contributed by atoms with van der Waals surface area (Å²) in [5, 5.41) is 2.63. The van der Waals surface area contributed by atoms with E-state index in [9.17, 15) is 0 Å². The second-order valence-electron chi connectivity index (χ2n) is 5.49. The highest BCUT2D eigenvalue weighted by Gasteiger charge is 2.23. The van der Waals surface area contributed by atoms with Crippen LogP contribution in [0.25, 0.3) is 10.8 Å². The summed E-state index contributed by atoms with van der Waals surface area (Å²) < 4.78 is 5.44. The normalized spacial score (nSPS) is 17.7. The molecule has 1 heterocycles. The molecule has 1 atom stereocenters. The van der Waals surface area contributed by atoms with Crippen LogP contribution in [-0.4, -0.2) is 13.2 Å². The molecule has 20 heavy (non-hydrogen) atoms. The van der Waals surface area contributed by atoms with Crippen LogP contribution in [0.15, 0.2) is 36.4 Å². The Morgan fingerprint density at radius 3 is 2.40 bits per heavy atom. The highest BCUT2D eigenvalue weighted by atomic mass is 35.5. The van der Waals surface area contributed by atoms with Crippen LogP contribution in [-0.2, 0) is 4.74 Å². The monoisotopic (exact) mass is 291 g/mol. The van der Waals surface area contributed by atoms with Crippen LogP contribution in [0.3, 0.4) is 0 Å². The average Bonchev–Trinajstić information content (AvgIpc) is 2.48. The molecule has 0 bridgehead atoms. The van der Waals surface area contributed by atoms with Gasteiger partial charge in [-0.05, 0) is 47.6 Å². The van der Waals surface area contributed by atoms with Gasteiger partial charge in [-0.25, -0.2) is 0 Å². The standard InChI is InChI=1S/C17H21NO.ClH/c1-12-6-7-16(15-5-3-2-4-14(12)15)17(18)13-8-10-19-11-9-13;/h2-7,13,17H,8-11,18H2,1H3;1H/t17-;/m0./s1. The molecule has 2 aromatic rings. The van der Waals surface area contributed by atoms with E-state index in [1.807, 2.05) is 0 Å². The molecule has 0 aliphatic carbocycles. The lowest BCUT2D eigenvalue weighted by atomic mass is 9.85. The number of benzene rings is 2. The van der Waals surface area contributed by atoms with Crippen LogP contribution < -0.4 is 5.73 Å². The van der Waals surface area contributed by atoms with Gasteiger partial charge in [0.05, 0.1) is 0 Å². The van der Waals surface area contributed by atoms with E-state index >= 15 is 0 Å². The van der Waals surface area contributed by atoms with E-state index in [1.54, 1.807) is 0 Å². The van der Waals surface area contributed by atoms with Gasteiger partial charge in [-0.3, -0.25) is 0 Å². The summed E-state index contributed by atoms with van der Waals surface area (Å²) in [4.78, 5) is 0. The predicted molar refractivity (Wildman–Crippen MR) is 86.4 cm³/mol. The van der Waals surface area contributed by atoms with Crippen molar-refractivity contribution in [3.8, 4) is 0 Å². The molecule has 1 aliphatic rings. The number of halogens is 1. The van der Waals surface area contributed by atoms with Crippen LogP contribution in [0.1, 0.15) is 30.0 Å². The Kier molecular flexibility index (Phi) is 5.03. The quantitative estimate of drug-likeness (QED) is 0.908. The fourth-order valence-electron chi connectivity index (χ4n) is 3.09. The molecule has 3 heteroatoms. The Labute approximate surface area is 126 Å². The van der Waals surface area contributed by atoms with Crippen molar-refractivity contribution >= 4 is 23.2 Å². The second kappa shape index (κ2) is 6.57. The minimum Gasteiger partial charge on any atom is -0.381 e. The van der Waals surface area contributed by atoms with E-state index in [4.69, 9.17) is 10.5 Å². The third kappa shape index (κ3) is 2.83. The topological polar surface area (TPSA) is 35.2 Å². The first-order chi connectivity index (χ1) is 9.27. The number of nitrogens with two attached hydrogens (primary N) is 1. The van der Waals surface area contributed by atoms with E-state index in [0.717, 1.165) is 26.1 Å². The van der Waals surface area contributed by atoms with E-state index in [2.05, 4.69) is 43.3 Å². The molecule has 0 radical (unpaired) electrons. The zero-order valence-electron chi connectivity index (χ0n) is 11.8. The van der Waals surface area contributed by atoms with Gasteiger partial charge < -0.3 is 10.5 Å². The van der Waals surface area contributed by atoms with Crippen molar-refractivity contribution in [1.29, 1.82) is 0 Å². The van der Waals surface area contributed by atoms with E-state index < -0.39 is 0 Å². The van der Waals surface area contributed by atoms with Crippen molar-refractivity contribution in [2.45, 2.75) is 25.8 Å². The molecule has 108 valence electrons. The van der Waals surface area contributed by atoms with Gasteiger partial charge in [-0.2, -0.15) is 0 Å². The highest BCUT2D eigenvalue weighted by Crippen LogP contribution is 2.33. The number of ether oxygens (including phenoxy) is 1. The summed E-state index contributed by atoms with van der Waals surface area (Å²) in [7, 11) is 0. The van der Waals surface area contributed by atoms with Gasteiger partial charge in [0, 0.05) is 19.3 Å². The first kappa shape index (κ1) is 15.3. The minimum atomic E-state index is 0. The lowest BCUT2D eigenvalue weighted by Crippen LogP contribution is -2.27. The third-order valence-corrected chi connectivity index (χ3v) is 4.31. The molecular formula is C17H22ClNO. The maximum Gasteiger partial charge on any atom is 0.0469 e. The zero-order valence-corrected chi connectivity index (χ0v) is 12.7. The molecular weight excluding hydrogens is 270 g/mol. The second-order valence-corrected chi connectivity index (χ2v) is 5.49. The third-order valence-electron chi connectivity index (χ3n) is 4.31. The fraction of sp³-hybridized carbons (Fsp3) is 0.412. The Morgan fingerprint density at radius 1 is 1.05 bits per heavy atom. The Hall–Kier alpha value is -1.09. The summed E-state index contributed by atoms with van der Waals surface area (Å²) in [5.41, 5.74) is 9.13. The van der Waals surface area contributed by atoms with Crippen molar-refractivity contribution < 1.29 is 4.74 Å². The molecule has 0 saturated carbocycles. The molecule has 0 spiro atoms. The fourth-order valence-corrected chi connectivity index (χ4v) is 3.09.